The van der Waals surface area contributed by atoms with Crippen LogP contribution in [-0.2, 0) is 4.79 Å². The minimum atomic E-state index is -0.620. The largest absolute Gasteiger partial charge is 0.481 e. The maximum Gasteiger partial charge on any atom is 0.309 e. The van der Waals surface area contributed by atoms with Crippen molar-refractivity contribution in [3.8, 4) is 0 Å². The molecule has 1 N–H and O–H groups in total. The van der Waals surface area contributed by atoms with E-state index in [0.29, 0.717) is 5.92 Å². The first kappa shape index (κ1) is 6.89. The van der Waals surface area contributed by atoms with Crippen molar-refractivity contribution in [1.82, 2.24) is 0 Å². The van der Waals surface area contributed by atoms with Crippen molar-refractivity contribution < 1.29 is 9.90 Å². The average Bonchev–Trinajstić information content (AvgIpc) is 2.45. The molecule has 0 heterocycles. The zero-order valence-corrected chi connectivity index (χ0v) is 6.63. The lowest BCUT2D eigenvalue weighted by atomic mass is 9.77. The van der Waals surface area contributed by atoms with Gasteiger partial charge in [0, 0.05) is 0 Å². The predicted molar refractivity (Wildman–Crippen MR) is 41.2 cm³/mol. The highest BCUT2D eigenvalue weighted by molar-refractivity contribution is 5.76. The van der Waals surface area contributed by atoms with E-state index in [0.717, 1.165) is 19.3 Å². The van der Waals surface area contributed by atoms with Gasteiger partial charge in [0.05, 0.1) is 5.41 Å². The van der Waals surface area contributed by atoms with Gasteiger partial charge in [-0.15, -0.1) is 0 Å². The second-order valence-corrected chi connectivity index (χ2v) is 3.90. The molecule has 0 amide bonds. The molecule has 0 saturated heterocycles. The van der Waals surface area contributed by atoms with Crippen LogP contribution in [-0.4, -0.2) is 11.1 Å². The van der Waals surface area contributed by atoms with E-state index in [1.54, 1.807) is 0 Å². The summed E-state index contributed by atoms with van der Waals surface area (Å²) in [4.78, 5) is 10.9. The molecule has 2 unspecified atom stereocenters. The highest BCUT2D eigenvalue weighted by Gasteiger charge is 2.49. The molecule has 2 aliphatic carbocycles. The van der Waals surface area contributed by atoms with E-state index in [9.17, 15) is 4.79 Å². The van der Waals surface area contributed by atoms with Gasteiger partial charge in [-0.25, -0.2) is 0 Å². The summed E-state index contributed by atoms with van der Waals surface area (Å²) in [6, 6.07) is 0. The van der Waals surface area contributed by atoms with E-state index < -0.39 is 11.4 Å². The standard InChI is InChI=1S/C9H12O2/c1-9(8(10)11)5-6-2-3-7(9)4-6/h2,7H,3-5H2,1H3,(H,10,11). The Hall–Kier alpha value is -0.790. The van der Waals surface area contributed by atoms with Crippen LogP contribution < -0.4 is 0 Å². The predicted octanol–water partition coefficient (Wildman–Crippen LogP) is 1.82. The molecule has 0 radical (unpaired) electrons. The molecule has 2 atom stereocenters. The first-order chi connectivity index (χ1) is 5.13. The maximum atomic E-state index is 10.9. The minimum absolute atomic E-state index is 0.384. The second-order valence-electron chi connectivity index (χ2n) is 3.90. The Balaban J connectivity index is 2.31. The lowest BCUT2D eigenvalue weighted by molar-refractivity contribution is -0.150. The molecule has 0 aromatic carbocycles. The highest BCUT2D eigenvalue weighted by atomic mass is 16.4. The molecule has 0 aromatic heterocycles. The Morgan fingerprint density at radius 2 is 2.55 bits per heavy atom. The van der Waals surface area contributed by atoms with Crippen molar-refractivity contribution in [2.24, 2.45) is 11.3 Å². The average molecular weight is 152 g/mol. The third-order valence-electron chi connectivity index (χ3n) is 3.18. The summed E-state index contributed by atoms with van der Waals surface area (Å²) in [7, 11) is 0. The van der Waals surface area contributed by atoms with Gasteiger partial charge in [-0.1, -0.05) is 11.6 Å². The van der Waals surface area contributed by atoms with Crippen LogP contribution >= 0.6 is 0 Å². The molecular weight excluding hydrogens is 140 g/mol. The van der Waals surface area contributed by atoms with Crippen LogP contribution in [0.4, 0.5) is 0 Å². The van der Waals surface area contributed by atoms with Gasteiger partial charge < -0.3 is 5.11 Å². The summed E-state index contributed by atoms with van der Waals surface area (Å²) in [6.07, 6.45) is 5.00. The smallest absolute Gasteiger partial charge is 0.309 e. The van der Waals surface area contributed by atoms with Crippen molar-refractivity contribution in [1.29, 1.82) is 0 Å². The quantitative estimate of drug-likeness (QED) is 0.582. The normalized spacial score (nSPS) is 40.8. The van der Waals surface area contributed by atoms with Gasteiger partial charge in [-0.05, 0) is 32.1 Å². The number of allylic oxidation sites excluding steroid dienone is 2. The summed E-state index contributed by atoms with van der Waals surface area (Å²) in [6.45, 7) is 1.88. The van der Waals surface area contributed by atoms with Crippen LogP contribution in [0, 0.1) is 11.3 Å². The van der Waals surface area contributed by atoms with E-state index in [1.165, 1.54) is 5.57 Å². The number of hydrogen-bond donors (Lipinski definition) is 1. The fourth-order valence-electron chi connectivity index (χ4n) is 2.29. The summed E-state index contributed by atoms with van der Waals surface area (Å²) < 4.78 is 0. The van der Waals surface area contributed by atoms with Crippen molar-refractivity contribution >= 4 is 5.97 Å². The van der Waals surface area contributed by atoms with Crippen LogP contribution in [0.5, 0.6) is 0 Å². The maximum absolute atomic E-state index is 10.9. The van der Waals surface area contributed by atoms with Gasteiger partial charge in [0.15, 0.2) is 0 Å². The minimum Gasteiger partial charge on any atom is -0.481 e. The monoisotopic (exact) mass is 152 g/mol. The number of aliphatic carboxylic acids is 1. The van der Waals surface area contributed by atoms with Crippen LogP contribution in [0.3, 0.4) is 0 Å². The van der Waals surface area contributed by atoms with Crippen LogP contribution in [0.2, 0.25) is 0 Å². The number of carbonyl (C=O) groups is 1. The van der Waals surface area contributed by atoms with E-state index in [2.05, 4.69) is 6.08 Å². The van der Waals surface area contributed by atoms with Crippen molar-refractivity contribution in [3.63, 3.8) is 0 Å². The Labute approximate surface area is 65.9 Å². The topological polar surface area (TPSA) is 37.3 Å². The number of fused-ring (bicyclic) bond motifs is 2. The Morgan fingerprint density at radius 1 is 1.82 bits per heavy atom. The molecule has 2 bridgehead atoms. The zero-order valence-electron chi connectivity index (χ0n) is 6.63. The molecule has 2 nitrogen and oxygen atoms in total. The highest BCUT2D eigenvalue weighted by Crippen LogP contribution is 2.52. The molecule has 1 saturated carbocycles. The van der Waals surface area contributed by atoms with E-state index in [1.807, 2.05) is 6.92 Å². The van der Waals surface area contributed by atoms with Gasteiger partial charge >= 0.3 is 5.97 Å². The van der Waals surface area contributed by atoms with Gasteiger partial charge in [-0.2, -0.15) is 0 Å². The molecule has 2 rings (SSSR count). The van der Waals surface area contributed by atoms with Gasteiger partial charge in [0.1, 0.15) is 0 Å². The van der Waals surface area contributed by atoms with Crippen molar-refractivity contribution in [2.75, 3.05) is 0 Å². The molecule has 60 valence electrons. The van der Waals surface area contributed by atoms with E-state index in [4.69, 9.17) is 5.11 Å². The van der Waals surface area contributed by atoms with Gasteiger partial charge in [0.2, 0.25) is 0 Å². The fourth-order valence-corrected chi connectivity index (χ4v) is 2.29. The molecule has 0 spiro atoms. The molecule has 1 fully saturated rings. The number of carboxylic acids is 1. The number of hydrogen-bond acceptors (Lipinski definition) is 1. The zero-order chi connectivity index (χ0) is 8.06. The lowest BCUT2D eigenvalue weighted by Crippen LogP contribution is -2.31. The molecule has 0 aromatic rings. The van der Waals surface area contributed by atoms with E-state index >= 15 is 0 Å². The molecule has 2 heteroatoms. The summed E-state index contributed by atoms with van der Waals surface area (Å²) in [5.74, 6) is -0.236. The first-order valence-electron chi connectivity index (χ1n) is 4.04. The summed E-state index contributed by atoms with van der Waals surface area (Å²) >= 11 is 0. The van der Waals surface area contributed by atoms with Crippen molar-refractivity contribution in [3.05, 3.63) is 11.6 Å². The fraction of sp³-hybridized carbons (Fsp3) is 0.667. The van der Waals surface area contributed by atoms with Crippen LogP contribution in [0.15, 0.2) is 11.6 Å². The Kier molecular flexibility index (Phi) is 1.17. The molecule has 11 heavy (non-hydrogen) atoms. The SMILES string of the molecule is CC1(C(=O)O)CC2=CCC1C2. The lowest BCUT2D eigenvalue weighted by Gasteiger charge is -2.26. The number of rotatable bonds is 1. The molecule has 2 aliphatic rings. The molecular formula is C9H12O2. The number of carboxylic acid groups (broad SMARTS) is 1. The van der Waals surface area contributed by atoms with Gasteiger partial charge in [-0.3, -0.25) is 4.79 Å². The van der Waals surface area contributed by atoms with Gasteiger partial charge in [0.25, 0.3) is 0 Å². The Morgan fingerprint density at radius 3 is 2.82 bits per heavy atom. The second kappa shape index (κ2) is 1.87. The Bertz CT molecular complexity index is 242. The van der Waals surface area contributed by atoms with E-state index in [-0.39, 0.29) is 0 Å². The third kappa shape index (κ3) is 0.753. The summed E-state index contributed by atoms with van der Waals surface area (Å²) in [5.41, 5.74) is 0.921. The summed E-state index contributed by atoms with van der Waals surface area (Å²) in [5, 5.41) is 8.97. The molecule has 0 aliphatic heterocycles. The third-order valence-corrected chi connectivity index (χ3v) is 3.18. The van der Waals surface area contributed by atoms with Crippen LogP contribution in [0.25, 0.3) is 0 Å². The van der Waals surface area contributed by atoms with Crippen molar-refractivity contribution in [2.45, 2.75) is 26.2 Å². The van der Waals surface area contributed by atoms with Crippen LogP contribution in [0.1, 0.15) is 26.2 Å². The first-order valence-corrected chi connectivity index (χ1v) is 4.04.